The molecule has 2 aliphatic rings. The zero-order chi connectivity index (χ0) is 20.3. The molecule has 0 bridgehead atoms. The van der Waals surface area contributed by atoms with Crippen LogP contribution in [-0.4, -0.2) is 70.5 Å². The number of rotatable bonds is 4. The van der Waals surface area contributed by atoms with E-state index in [0.717, 1.165) is 51.6 Å². The normalized spacial score (nSPS) is 18.6. The first kappa shape index (κ1) is 19.6. The van der Waals surface area contributed by atoms with Crippen LogP contribution in [0.25, 0.3) is 0 Å². The Morgan fingerprint density at radius 3 is 2.41 bits per heavy atom. The van der Waals surface area contributed by atoms with Gasteiger partial charge in [0.05, 0.1) is 6.54 Å². The van der Waals surface area contributed by atoms with Gasteiger partial charge in [-0.1, -0.05) is 24.3 Å². The van der Waals surface area contributed by atoms with Gasteiger partial charge in [-0.2, -0.15) is 0 Å². The fourth-order valence-corrected chi connectivity index (χ4v) is 4.08. The number of hydrogen-bond acceptors (Lipinski definition) is 5. The number of nitrogens with zero attached hydrogens (tertiary/aromatic N) is 6. The largest absolute Gasteiger partial charge is 0.370 e. The Balaban J connectivity index is 1.33. The molecule has 0 spiro atoms. The number of anilines is 1. The van der Waals surface area contributed by atoms with E-state index >= 15 is 0 Å². The Kier molecular flexibility index (Phi) is 5.67. The summed E-state index contributed by atoms with van der Waals surface area (Å²) in [5, 5.41) is 0. The third-order valence-corrected chi connectivity index (χ3v) is 6.05. The lowest BCUT2D eigenvalue weighted by atomic mass is 9.94. The van der Waals surface area contributed by atoms with Crippen molar-refractivity contribution in [2.24, 2.45) is 10.7 Å². The molecule has 1 saturated heterocycles. The van der Waals surface area contributed by atoms with E-state index < -0.39 is 0 Å². The minimum absolute atomic E-state index is 0.0299. The maximum absolute atomic E-state index is 6.35. The van der Waals surface area contributed by atoms with Gasteiger partial charge in [0.2, 0.25) is 5.95 Å². The molecular weight excluding hydrogens is 362 g/mol. The average Bonchev–Trinajstić information content (AvgIpc) is 2.78. The average molecular weight is 394 g/mol. The molecule has 1 aromatic heterocycles. The molecule has 2 aliphatic heterocycles. The Bertz CT molecular complexity index is 841. The molecule has 0 saturated carbocycles. The van der Waals surface area contributed by atoms with Crippen LogP contribution in [0.2, 0.25) is 0 Å². The molecule has 0 atom stereocenters. The van der Waals surface area contributed by atoms with Gasteiger partial charge in [0, 0.05) is 57.2 Å². The number of guanidine groups is 1. The molecule has 154 valence electrons. The van der Waals surface area contributed by atoms with E-state index in [0.29, 0.717) is 12.5 Å². The van der Waals surface area contributed by atoms with Crippen LogP contribution in [0, 0.1) is 0 Å². The Labute approximate surface area is 173 Å². The van der Waals surface area contributed by atoms with Crippen LogP contribution in [0.4, 0.5) is 5.95 Å². The molecule has 0 radical (unpaired) electrons. The number of aromatic nitrogens is 2. The van der Waals surface area contributed by atoms with Crippen LogP contribution < -0.4 is 10.6 Å². The molecule has 1 fully saturated rings. The van der Waals surface area contributed by atoms with E-state index in [1.807, 2.05) is 6.07 Å². The highest BCUT2D eigenvalue weighted by Gasteiger charge is 2.30. The minimum Gasteiger partial charge on any atom is -0.370 e. The van der Waals surface area contributed by atoms with Crippen LogP contribution in [0.3, 0.4) is 0 Å². The molecule has 2 N–H and O–H groups in total. The van der Waals surface area contributed by atoms with E-state index in [1.165, 1.54) is 11.1 Å². The van der Waals surface area contributed by atoms with E-state index in [2.05, 4.69) is 62.8 Å². The van der Waals surface area contributed by atoms with Gasteiger partial charge in [-0.25, -0.2) is 9.97 Å². The van der Waals surface area contributed by atoms with Crippen LogP contribution in [-0.2, 0) is 13.0 Å². The fourth-order valence-electron chi connectivity index (χ4n) is 4.08. The van der Waals surface area contributed by atoms with Gasteiger partial charge >= 0.3 is 0 Å². The lowest BCUT2D eigenvalue weighted by Gasteiger charge is -2.41. The van der Waals surface area contributed by atoms with Crippen molar-refractivity contribution in [2.75, 3.05) is 44.2 Å². The molecule has 0 aliphatic carbocycles. The van der Waals surface area contributed by atoms with Gasteiger partial charge in [-0.05, 0) is 37.5 Å². The third kappa shape index (κ3) is 4.50. The maximum Gasteiger partial charge on any atom is 0.225 e. The summed E-state index contributed by atoms with van der Waals surface area (Å²) < 4.78 is 0. The molecule has 3 heterocycles. The van der Waals surface area contributed by atoms with Crippen molar-refractivity contribution in [3.8, 4) is 0 Å². The lowest BCUT2D eigenvalue weighted by molar-refractivity contribution is 0.111. The highest BCUT2D eigenvalue weighted by Crippen LogP contribution is 2.25. The Hall–Kier alpha value is -2.67. The summed E-state index contributed by atoms with van der Waals surface area (Å²) in [4.78, 5) is 20.3. The van der Waals surface area contributed by atoms with Gasteiger partial charge in [0.15, 0.2) is 5.96 Å². The van der Waals surface area contributed by atoms with E-state index in [4.69, 9.17) is 10.7 Å². The summed E-state index contributed by atoms with van der Waals surface area (Å²) in [5.74, 6) is 1.43. The second kappa shape index (κ2) is 8.37. The van der Waals surface area contributed by atoms with Crippen molar-refractivity contribution in [1.29, 1.82) is 0 Å². The summed E-state index contributed by atoms with van der Waals surface area (Å²) in [5.41, 5.74) is 9.23. The van der Waals surface area contributed by atoms with Crippen molar-refractivity contribution >= 4 is 11.9 Å². The van der Waals surface area contributed by atoms with Crippen molar-refractivity contribution in [3.05, 3.63) is 53.9 Å². The Morgan fingerprint density at radius 1 is 1.00 bits per heavy atom. The molecule has 7 nitrogen and oxygen atoms in total. The van der Waals surface area contributed by atoms with E-state index in [-0.39, 0.29) is 5.54 Å². The first-order valence-corrected chi connectivity index (χ1v) is 10.4. The minimum atomic E-state index is -0.0299. The lowest BCUT2D eigenvalue weighted by Crippen LogP contribution is -2.53. The van der Waals surface area contributed by atoms with Crippen LogP contribution in [0.5, 0.6) is 0 Å². The van der Waals surface area contributed by atoms with Crippen LogP contribution >= 0.6 is 0 Å². The Morgan fingerprint density at radius 2 is 1.69 bits per heavy atom. The van der Waals surface area contributed by atoms with Gasteiger partial charge in [-0.3, -0.25) is 9.89 Å². The summed E-state index contributed by atoms with van der Waals surface area (Å²) in [7, 11) is 0. The molecule has 4 rings (SSSR count). The van der Waals surface area contributed by atoms with Gasteiger partial charge in [0.25, 0.3) is 0 Å². The summed E-state index contributed by atoms with van der Waals surface area (Å²) in [6.45, 7) is 10.7. The highest BCUT2D eigenvalue weighted by molar-refractivity contribution is 5.78. The van der Waals surface area contributed by atoms with Crippen LogP contribution in [0.1, 0.15) is 25.0 Å². The van der Waals surface area contributed by atoms with Crippen LogP contribution in [0.15, 0.2) is 47.7 Å². The standard InChI is InChI=1S/C22H31N7/c1-22(2,29-11-8-18-6-3-4-7-19(18)16-29)17-26-20(23)27-12-14-28(15-13-27)21-24-9-5-10-25-21/h3-7,9-10H,8,11-17H2,1-2H3,(H2,23,26). The monoisotopic (exact) mass is 393 g/mol. The van der Waals surface area contributed by atoms with Crippen molar-refractivity contribution in [2.45, 2.75) is 32.4 Å². The first-order chi connectivity index (χ1) is 14.0. The number of nitrogens with two attached hydrogens (primary N) is 1. The number of benzene rings is 1. The smallest absolute Gasteiger partial charge is 0.225 e. The topological polar surface area (TPSA) is 73.9 Å². The molecule has 0 unspecified atom stereocenters. The van der Waals surface area contributed by atoms with E-state index in [9.17, 15) is 0 Å². The number of fused-ring (bicyclic) bond motifs is 1. The summed E-state index contributed by atoms with van der Waals surface area (Å²) in [6.07, 6.45) is 4.67. The molecule has 0 amide bonds. The fraction of sp³-hybridized carbons (Fsp3) is 0.500. The second-order valence-corrected chi connectivity index (χ2v) is 8.45. The second-order valence-electron chi connectivity index (χ2n) is 8.45. The van der Waals surface area contributed by atoms with E-state index in [1.54, 1.807) is 12.4 Å². The molecular formula is C22H31N7. The highest BCUT2D eigenvalue weighted by atomic mass is 15.4. The molecule has 2 aromatic rings. The quantitative estimate of drug-likeness (QED) is 0.630. The molecule has 7 heteroatoms. The number of piperazine rings is 1. The SMILES string of the molecule is CC(C)(CN=C(N)N1CCN(c2ncccn2)CC1)N1CCc2ccccc2C1. The molecule has 29 heavy (non-hydrogen) atoms. The molecule has 1 aromatic carbocycles. The zero-order valence-electron chi connectivity index (χ0n) is 17.5. The van der Waals surface area contributed by atoms with Crippen molar-refractivity contribution in [3.63, 3.8) is 0 Å². The number of aliphatic imine (C=N–C) groups is 1. The van der Waals surface area contributed by atoms with Gasteiger partial charge in [0.1, 0.15) is 0 Å². The van der Waals surface area contributed by atoms with Crippen molar-refractivity contribution in [1.82, 2.24) is 19.8 Å². The summed E-state index contributed by atoms with van der Waals surface area (Å²) in [6, 6.07) is 10.6. The predicted octanol–water partition coefficient (Wildman–Crippen LogP) is 1.75. The third-order valence-electron chi connectivity index (χ3n) is 6.05. The maximum atomic E-state index is 6.35. The predicted molar refractivity (Wildman–Crippen MR) is 117 cm³/mol. The first-order valence-electron chi connectivity index (χ1n) is 10.4. The summed E-state index contributed by atoms with van der Waals surface area (Å²) >= 11 is 0. The van der Waals surface area contributed by atoms with Gasteiger partial charge < -0.3 is 15.5 Å². The van der Waals surface area contributed by atoms with Crippen molar-refractivity contribution < 1.29 is 0 Å². The number of hydrogen-bond donors (Lipinski definition) is 1. The van der Waals surface area contributed by atoms with Gasteiger partial charge in [-0.15, -0.1) is 0 Å². The zero-order valence-corrected chi connectivity index (χ0v) is 17.5.